The van der Waals surface area contributed by atoms with Crippen LogP contribution in [0.1, 0.15) is 81.8 Å². The normalized spacial score (nSPS) is 12.4. The number of fused-ring (bicyclic) bond motifs is 2. The first-order valence-corrected chi connectivity index (χ1v) is 13.6. The van der Waals surface area contributed by atoms with E-state index in [0.717, 1.165) is 33.4 Å². The van der Waals surface area contributed by atoms with Crippen LogP contribution < -0.4 is 5.73 Å². The number of rotatable bonds is 6. The summed E-state index contributed by atoms with van der Waals surface area (Å²) in [4.78, 5) is 28.6. The summed E-state index contributed by atoms with van der Waals surface area (Å²) in [5.41, 5.74) is 14.9. The van der Waals surface area contributed by atoms with Gasteiger partial charge in [0.25, 0.3) is 0 Å². The molecule has 0 heterocycles. The number of carbonyl (C=O) groups is 2. The molecule has 0 spiro atoms. The predicted octanol–water partition coefficient (Wildman–Crippen LogP) is 7.04. The fraction of sp³-hybridized carbons (Fsp3) is 0.235. The predicted molar refractivity (Wildman–Crippen MR) is 156 cm³/mol. The molecule has 198 valence electrons. The molecule has 0 fully saturated rings. The molecule has 4 aromatic carbocycles. The molecule has 0 atom stereocenters. The van der Waals surface area contributed by atoms with Crippen LogP contribution in [0, 0.1) is 0 Å². The molecule has 0 aliphatic heterocycles. The van der Waals surface area contributed by atoms with Crippen LogP contribution in [-0.2, 0) is 25.7 Å². The van der Waals surface area contributed by atoms with Crippen LogP contribution in [0.4, 0.5) is 5.69 Å². The van der Waals surface area contributed by atoms with Gasteiger partial charge in [0.1, 0.15) is 11.5 Å². The number of benzene rings is 4. The van der Waals surface area contributed by atoms with Gasteiger partial charge in [0.05, 0.1) is 0 Å². The van der Waals surface area contributed by atoms with Gasteiger partial charge in [-0.05, 0) is 95.0 Å². The minimum atomic E-state index is -0.240. The fourth-order valence-electron chi connectivity index (χ4n) is 6.06. The van der Waals surface area contributed by atoms with E-state index in [-0.39, 0.29) is 23.1 Å². The molecule has 0 bridgehead atoms. The second-order valence-electron chi connectivity index (χ2n) is 10.0. The molecule has 39 heavy (non-hydrogen) atoms. The lowest BCUT2D eigenvalue weighted by Gasteiger charge is -2.28. The summed E-state index contributed by atoms with van der Waals surface area (Å²) in [5.74, 6) is -0.129. The Labute approximate surface area is 228 Å². The number of hydrogen-bond acceptors (Lipinski definition) is 5. The van der Waals surface area contributed by atoms with E-state index in [0.29, 0.717) is 64.8 Å². The summed E-state index contributed by atoms with van der Waals surface area (Å²) in [7, 11) is 0. The number of hydrogen-bond donors (Lipinski definition) is 3. The van der Waals surface area contributed by atoms with Crippen molar-refractivity contribution in [1.29, 1.82) is 0 Å². The summed E-state index contributed by atoms with van der Waals surface area (Å²) >= 11 is 0. The van der Waals surface area contributed by atoms with E-state index >= 15 is 0 Å². The van der Waals surface area contributed by atoms with Crippen molar-refractivity contribution in [3.8, 4) is 33.8 Å². The van der Waals surface area contributed by atoms with Gasteiger partial charge in [0.15, 0.2) is 11.6 Å². The van der Waals surface area contributed by atoms with Crippen LogP contribution in [0.25, 0.3) is 22.3 Å². The third-order valence-electron chi connectivity index (χ3n) is 7.84. The van der Waals surface area contributed by atoms with Gasteiger partial charge in [-0.3, -0.25) is 9.59 Å². The molecular formula is C34H33NO4. The van der Waals surface area contributed by atoms with Gasteiger partial charge in [-0.1, -0.05) is 52.0 Å². The first-order valence-electron chi connectivity index (χ1n) is 13.6. The zero-order valence-electron chi connectivity index (χ0n) is 22.8. The van der Waals surface area contributed by atoms with Crippen LogP contribution in [-0.4, -0.2) is 21.8 Å². The Morgan fingerprint density at radius 2 is 0.949 bits per heavy atom. The molecule has 1 aliphatic carbocycles. The van der Waals surface area contributed by atoms with Crippen molar-refractivity contribution in [2.75, 3.05) is 5.73 Å². The molecule has 4 aromatic rings. The highest BCUT2D eigenvalue weighted by Gasteiger charge is 2.37. The molecule has 0 saturated carbocycles. The smallest absolute Gasteiger partial charge is 0.195 e. The number of anilines is 1. The lowest BCUT2D eigenvalue weighted by Crippen LogP contribution is -2.24. The molecule has 0 saturated heterocycles. The maximum absolute atomic E-state index is 14.3. The van der Waals surface area contributed by atoms with Crippen molar-refractivity contribution in [2.45, 2.75) is 53.4 Å². The first-order chi connectivity index (χ1) is 18.7. The van der Waals surface area contributed by atoms with Crippen LogP contribution in [0.5, 0.6) is 11.5 Å². The SMILES string of the molecule is CCc1cc(O)cc(CC)c1-c1cc(N)c(-c2c(CC)cc(O)cc2CC)c2c1C(=O)c1ccccc1C2=O. The van der Waals surface area contributed by atoms with Crippen molar-refractivity contribution in [3.63, 3.8) is 0 Å². The Kier molecular flexibility index (Phi) is 6.77. The summed E-state index contributed by atoms with van der Waals surface area (Å²) in [6, 6.07) is 15.6. The monoisotopic (exact) mass is 519 g/mol. The molecule has 0 aromatic heterocycles. The number of phenols is 2. The molecule has 5 nitrogen and oxygen atoms in total. The highest BCUT2D eigenvalue weighted by molar-refractivity contribution is 6.33. The zero-order chi connectivity index (χ0) is 28.0. The third-order valence-corrected chi connectivity index (χ3v) is 7.84. The molecule has 5 rings (SSSR count). The standard InChI is InChI=1S/C34H33NO4/c1-5-18-13-22(36)14-19(6-2)28(18)26-17-27(35)31(29-20(7-3)15-23(37)16-21(29)8-4)32-30(26)33(38)24-11-9-10-12-25(24)34(32)39/h9-17,36-37H,5-8,35H2,1-4H3. The van der Waals surface area contributed by atoms with Gasteiger partial charge in [-0.25, -0.2) is 0 Å². The zero-order valence-corrected chi connectivity index (χ0v) is 22.8. The second-order valence-corrected chi connectivity index (χ2v) is 10.0. The minimum Gasteiger partial charge on any atom is -0.508 e. The van der Waals surface area contributed by atoms with E-state index in [9.17, 15) is 19.8 Å². The maximum atomic E-state index is 14.3. The topological polar surface area (TPSA) is 101 Å². The highest BCUT2D eigenvalue weighted by atomic mass is 16.3. The second kappa shape index (κ2) is 10.1. The highest BCUT2D eigenvalue weighted by Crippen LogP contribution is 2.47. The van der Waals surface area contributed by atoms with E-state index in [1.54, 1.807) is 48.5 Å². The van der Waals surface area contributed by atoms with Crippen molar-refractivity contribution in [1.82, 2.24) is 0 Å². The molecule has 1 aliphatic rings. The molecule has 0 unspecified atom stereocenters. The largest absolute Gasteiger partial charge is 0.508 e. The molecule has 0 radical (unpaired) electrons. The number of carbonyl (C=O) groups excluding carboxylic acids is 2. The van der Waals surface area contributed by atoms with Crippen LogP contribution in [0.3, 0.4) is 0 Å². The first kappa shape index (κ1) is 26.2. The number of nitrogens with two attached hydrogens (primary N) is 1. The summed E-state index contributed by atoms with van der Waals surface area (Å²) in [5, 5.41) is 20.8. The van der Waals surface area contributed by atoms with Crippen LogP contribution in [0.2, 0.25) is 0 Å². The summed E-state index contributed by atoms with van der Waals surface area (Å²) < 4.78 is 0. The van der Waals surface area contributed by atoms with Gasteiger partial charge >= 0.3 is 0 Å². The van der Waals surface area contributed by atoms with Crippen molar-refractivity contribution < 1.29 is 19.8 Å². The Balaban J connectivity index is 1.99. The Morgan fingerprint density at radius 1 is 0.538 bits per heavy atom. The molecular weight excluding hydrogens is 486 g/mol. The quantitative estimate of drug-likeness (QED) is 0.209. The summed E-state index contributed by atoms with van der Waals surface area (Å²) in [6.45, 7) is 7.99. The number of aryl methyl sites for hydroxylation is 4. The lowest BCUT2D eigenvalue weighted by atomic mass is 9.74. The van der Waals surface area contributed by atoms with E-state index in [4.69, 9.17) is 5.73 Å². The Bertz CT molecular complexity index is 1610. The van der Waals surface area contributed by atoms with E-state index in [2.05, 4.69) is 0 Å². The lowest BCUT2D eigenvalue weighted by molar-refractivity contribution is 0.0980. The fourth-order valence-corrected chi connectivity index (χ4v) is 6.06. The number of nitrogen functional groups attached to an aromatic ring is 1. The van der Waals surface area contributed by atoms with Crippen molar-refractivity contribution >= 4 is 17.3 Å². The average molecular weight is 520 g/mol. The minimum absolute atomic E-state index is 0.161. The van der Waals surface area contributed by atoms with Gasteiger partial charge in [0, 0.05) is 33.5 Å². The van der Waals surface area contributed by atoms with Gasteiger partial charge in [-0.2, -0.15) is 0 Å². The number of ketones is 2. The van der Waals surface area contributed by atoms with E-state index in [1.807, 2.05) is 33.8 Å². The maximum Gasteiger partial charge on any atom is 0.195 e. The van der Waals surface area contributed by atoms with Crippen LogP contribution >= 0.6 is 0 Å². The van der Waals surface area contributed by atoms with Gasteiger partial charge in [-0.15, -0.1) is 0 Å². The summed E-state index contributed by atoms with van der Waals surface area (Å²) in [6.07, 6.45) is 2.49. The van der Waals surface area contributed by atoms with E-state index in [1.165, 1.54) is 0 Å². The molecule has 5 heteroatoms. The van der Waals surface area contributed by atoms with E-state index < -0.39 is 0 Å². The molecule has 0 amide bonds. The van der Waals surface area contributed by atoms with Crippen molar-refractivity contribution in [3.05, 3.63) is 99.1 Å². The van der Waals surface area contributed by atoms with Gasteiger partial charge in [0.2, 0.25) is 0 Å². The average Bonchev–Trinajstić information content (AvgIpc) is 2.94. The number of aromatic hydroxyl groups is 2. The van der Waals surface area contributed by atoms with Crippen molar-refractivity contribution in [2.24, 2.45) is 0 Å². The Morgan fingerprint density at radius 3 is 1.38 bits per heavy atom. The molecule has 4 N–H and O–H groups in total. The third kappa shape index (κ3) is 4.09. The van der Waals surface area contributed by atoms with Crippen LogP contribution in [0.15, 0.2) is 54.6 Å². The van der Waals surface area contributed by atoms with Gasteiger partial charge < -0.3 is 15.9 Å². The Hall–Kier alpha value is -4.38. The number of phenolic OH excluding ortho intramolecular Hbond substituents is 2.